The second kappa shape index (κ2) is 8.03. The molecule has 1 amide bonds. The highest BCUT2D eigenvalue weighted by Gasteiger charge is 2.25. The largest absolute Gasteiger partial charge is 0.349 e. The van der Waals surface area contributed by atoms with Gasteiger partial charge in [-0.25, -0.2) is 4.79 Å². The van der Waals surface area contributed by atoms with E-state index >= 15 is 0 Å². The Morgan fingerprint density at radius 3 is 2.62 bits per heavy atom. The van der Waals surface area contributed by atoms with Crippen LogP contribution in [0.25, 0.3) is 11.0 Å². The van der Waals surface area contributed by atoms with Gasteiger partial charge in [0, 0.05) is 25.8 Å². The molecule has 1 aliphatic carbocycles. The van der Waals surface area contributed by atoms with E-state index in [9.17, 15) is 9.59 Å². The van der Waals surface area contributed by atoms with Crippen LogP contribution >= 0.6 is 11.6 Å². The third-order valence-electron chi connectivity index (χ3n) is 5.97. The molecule has 7 heteroatoms. The summed E-state index contributed by atoms with van der Waals surface area (Å²) < 4.78 is 3.60. The van der Waals surface area contributed by atoms with Crippen LogP contribution in [0.15, 0.2) is 41.3 Å². The molecule has 0 spiro atoms. The van der Waals surface area contributed by atoms with Crippen molar-refractivity contribution in [3.05, 3.63) is 63.3 Å². The Morgan fingerprint density at radius 2 is 1.90 bits per heavy atom. The second-order valence-electron chi connectivity index (χ2n) is 7.92. The molecule has 0 unspecified atom stereocenters. The monoisotopic (exact) mass is 412 g/mol. The van der Waals surface area contributed by atoms with Crippen molar-refractivity contribution < 1.29 is 4.79 Å². The van der Waals surface area contributed by atoms with Gasteiger partial charge in [0.2, 0.25) is 0 Å². The number of hydrogen-bond acceptors (Lipinski definition) is 3. The molecular formula is C22H25ClN4O2. The Hall–Kier alpha value is -2.60. The number of amides is 1. The summed E-state index contributed by atoms with van der Waals surface area (Å²) in [5.74, 6) is 0.312. The van der Waals surface area contributed by atoms with Crippen LogP contribution in [0, 0.1) is 12.8 Å². The smallest absolute Gasteiger partial charge is 0.328 e. The minimum atomic E-state index is -0.119. The van der Waals surface area contributed by atoms with E-state index in [1.807, 2.05) is 42.8 Å². The zero-order valence-electron chi connectivity index (χ0n) is 16.7. The number of para-hydroxylation sites is 2. The molecule has 1 saturated carbocycles. The van der Waals surface area contributed by atoms with Gasteiger partial charge < -0.3 is 5.32 Å². The number of nitrogens with zero attached hydrogens (tertiary/aromatic N) is 3. The molecule has 3 aromatic rings. The van der Waals surface area contributed by atoms with E-state index in [0.717, 1.165) is 43.3 Å². The van der Waals surface area contributed by atoms with Gasteiger partial charge in [-0.1, -0.05) is 23.7 Å². The molecule has 0 bridgehead atoms. The molecule has 1 N–H and O–H groups in total. The molecular weight excluding hydrogens is 388 g/mol. The fraction of sp³-hybridized carbons (Fsp3) is 0.409. The summed E-state index contributed by atoms with van der Waals surface area (Å²) in [6, 6.07) is 9.71. The van der Waals surface area contributed by atoms with E-state index in [2.05, 4.69) is 10.3 Å². The van der Waals surface area contributed by atoms with Crippen molar-refractivity contribution >= 4 is 28.5 Å². The predicted octanol–water partition coefficient (Wildman–Crippen LogP) is 3.69. The third-order valence-corrected chi connectivity index (χ3v) is 6.18. The zero-order valence-corrected chi connectivity index (χ0v) is 17.4. The third kappa shape index (κ3) is 3.94. The Labute approximate surface area is 174 Å². The Bertz CT molecular complexity index is 1110. The molecule has 0 radical (unpaired) electrons. The van der Waals surface area contributed by atoms with Gasteiger partial charge in [-0.05, 0) is 56.7 Å². The molecule has 1 aliphatic rings. The summed E-state index contributed by atoms with van der Waals surface area (Å²) in [6.45, 7) is 2.53. The van der Waals surface area contributed by atoms with Crippen LogP contribution in [0.1, 0.15) is 41.7 Å². The Morgan fingerprint density at radius 1 is 1.21 bits per heavy atom. The SMILES string of the molecule is Cc1ncc(Cl)cc1C(=O)NC1CCC(Cn2c(=O)n(C)c3ccccc32)CC1. The highest BCUT2D eigenvalue weighted by atomic mass is 35.5. The van der Waals surface area contributed by atoms with Gasteiger partial charge in [0.15, 0.2) is 0 Å². The van der Waals surface area contributed by atoms with Gasteiger partial charge >= 0.3 is 5.69 Å². The van der Waals surface area contributed by atoms with Crippen LogP contribution in [0.2, 0.25) is 5.02 Å². The average molecular weight is 413 g/mol. The first-order valence-corrected chi connectivity index (χ1v) is 10.4. The lowest BCUT2D eigenvalue weighted by Crippen LogP contribution is -2.39. The first-order chi connectivity index (χ1) is 13.9. The van der Waals surface area contributed by atoms with E-state index in [1.54, 1.807) is 16.8 Å². The van der Waals surface area contributed by atoms with Crippen molar-refractivity contribution in [1.29, 1.82) is 0 Å². The predicted molar refractivity (Wildman–Crippen MR) is 114 cm³/mol. The maximum absolute atomic E-state index is 12.6. The van der Waals surface area contributed by atoms with E-state index in [1.165, 1.54) is 0 Å². The van der Waals surface area contributed by atoms with Crippen molar-refractivity contribution in [3.63, 3.8) is 0 Å². The van der Waals surface area contributed by atoms with Crippen molar-refractivity contribution in [2.75, 3.05) is 0 Å². The van der Waals surface area contributed by atoms with Crippen LogP contribution in [-0.2, 0) is 13.6 Å². The van der Waals surface area contributed by atoms with E-state index in [0.29, 0.717) is 22.2 Å². The molecule has 2 heterocycles. The Kier molecular flexibility index (Phi) is 5.46. The number of carbonyl (C=O) groups excluding carboxylic acids is 1. The highest BCUT2D eigenvalue weighted by molar-refractivity contribution is 6.30. The normalized spacial score (nSPS) is 19.4. The number of carbonyl (C=O) groups is 1. The minimum Gasteiger partial charge on any atom is -0.349 e. The van der Waals surface area contributed by atoms with E-state index in [-0.39, 0.29) is 17.6 Å². The standard InChI is InChI=1S/C22H25ClN4O2/c1-14-18(11-16(23)12-24-14)21(28)25-17-9-7-15(8-10-17)13-27-20-6-4-3-5-19(20)26(2)22(27)29/h3-6,11-12,15,17H,7-10,13H2,1-2H3,(H,25,28). The van der Waals surface area contributed by atoms with Gasteiger partial charge in [-0.2, -0.15) is 0 Å². The van der Waals surface area contributed by atoms with Crippen molar-refractivity contribution in [3.8, 4) is 0 Å². The molecule has 2 aromatic heterocycles. The first-order valence-electron chi connectivity index (χ1n) is 10.0. The number of imidazole rings is 1. The van der Waals surface area contributed by atoms with E-state index < -0.39 is 0 Å². The molecule has 152 valence electrons. The van der Waals surface area contributed by atoms with Crippen molar-refractivity contribution in [1.82, 2.24) is 19.4 Å². The van der Waals surface area contributed by atoms with Gasteiger partial charge in [-0.3, -0.25) is 18.9 Å². The quantitative estimate of drug-likeness (QED) is 0.710. The van der Waals surface area contributed by atoms with Crippen LogP contribution in [0.3, 0.4) is 0 Å². The number of rotatable bonds is 4. The summed E-state index contributed by atoms with van der Waals surface area (Å²) in [6.07, 6.45) is 5.32. The van der Waals surface area contributed by atoms with Crippen LogP contribution in [0.4, 0.5) is 0 Å². The van der Waals surface area contributed by atoms with Gasteiger partial charge in [-0.15, -0.1) is 0 Å². The van der Waals surface area contributed by atoms with Gasteiger partial charge in [0.1, 0.15) is 0 Å². The van der Waals surface area contributed by atoms with Gasteiger partial charge in [0.25, 0.3) is 5.91 Å². The molecule has 6 nitrogen and oxygen atoms in total. The van der Waals surface area contributed by atoms with Crippen molar-refractivity contribution in [2.24, 2.45) is 13.0 Å². The molecule has 0 atom stereocenters. The first kappa shape index (κ1) is 19.7. The summed E-state index contributed by atoms with van der Waals surface area (Å²) in [5, 5.41) is 3.59. The number of aromatic nitrogens is 3. The van der Waals surface area contributed by atoms with Crippen LogP contribution < -0.4 is 11.0 Å². The highest BCUT2D eigenvalue weighted by Crippen LogP contribution is 2.27. The lowest BCUT2D eigenvalue weighted by atomic mass is 9.85. The molecule has 0 saturated heterocycles. The number of hydrogen-bond donors (Lipinski definition) is 1. The summed E-state index contributed by atoms with van der Waals surface area (Å²) >= 11 is 5.98. The lowest BCUT2D eigenvalue weighted by molar-refractivity contribution is 0.0919. The van der Waals surface area contributed by atoms with Crippen LogP contribution in [0.5, 0.6) is 0 Å². The fourth-order valence-electron chi connectivity index (χ4n) is 4.29. The fourth-order valence-corrected chi connectivity index (χ4v) is 4.45. The van der Waals surface area contributed by atoms with E-state index in [4.69, 9.17) is 11.6 Å². The average Bonchev–Trinajstić information content (AvgIpc) is 2.96. The molecule has 0 aliphatic heterocycles. The lowest BCUT2D eigenvalue weighted by Gasteiger charge is -2.29. The van der Waals surface area contributed by atoms with Gasteiger partial charge in [0.05, 0.1) is 27.3 Å². The summed E-state index contributed by atoms with van der Waals surface area (Å²) in [7, 11) is 1.82. The molecule has 1 aromatic carbocycles. The molecule has 4 rings (SSSR count). The number of nitrogens with one attached hydrogen (secondary N) is 1. The number of fused-ring (bicyclic) bond motifs is 1. The number of benzene rings is 1. The van der Waals surface area contributed by atoms with Crippen molar-refractivity contribution in [2.45, 2.75) is 45.2 Å². The number of pyridine rings is 1. The molecule has 29 heavy (non-hydrogen) atoms. The second-order valence-corrected chi connectivity index (χ2v) is 8.35. The van der Waals surface area contributed by atoms with Crippen LogP contribution in [-0.4, -0.2) is 26.1 Å². The zero-order chi connectivity index (χ0) is 20.5. The minimum absolute atomic E-state index is 0.0329. The number of halogens is 1. The summed E-state index contributed by atoms with van der Waals surface area (Å²) in [5.41, 5.74) is 3.19. The Balaban J connectivity index is 1.39. The molecule has 1 fully saturated rings. The topological polar surface area (TPSA) is 68.9 Å². The number of aryl methyl sites for hydroxylation is 2. The maximum Gasteiger partial charge on any atom is 0.328 e. The maximum atomic E-state index is 12.6. The summed E-state index contributed by atoms with van der Waals surface area (Å²) in [4.78, 5) is 29.4.